The summed E-state index contributed by atoms with van der Waals surface area (Å²) in [7, 11) is 0. The second kappa shape index (κ2) is 19.3. The van der Waals surface area contributed by atoms with E-state index in [1.54, 1.807) is 0 Å². The van der Waals surface area contributed by atoms with Crippen LogP contribution in [0.1, 0.15) is 66.2 Å². The molecule has 0 bridgehead atoms. The first-order valence-electron chi connectivity index (χ1n) is 12.8. The van der Waals surface area contributed by atoms with Crippen LogP contribution in [-0.2, 0) is 14.4 Å². The molecule has 212 valence electrons. The van der Waals surface area contributed by atoms with Crippen molar-refractivity contribution in [2.24, 2.45) is 5.92 Å². The molecule has 0 unspecified atom stereocenters. The zero-order valence-corrected chi connectivity index (χ0v) is 22.1. The van der Waals surface area contributed by atoms with Gasteiger partial charge in [-0.1, -0.05) is 40.5 Å². The van der Waals surface area contributed by atoms with Gasteiger partial charge >= 0.3 is 0 Å². The highest BCUT2D eigenvalue weighted by Gasteiger charge is 2.30. The summed E-state index contributed by atoms with van der Waals surface area (Å²) in [5.74, 6) is -0.318. The summed E-state index contributed by atoms with van der Waals surface area (Å²) in [6, 6.07) is -0.707. The maximum Gasteiger partial charge on any atom is 0.237 e. The molecule has 0 aromatic carbocycles. The molecule has 12 heteroatoms. The third kappa shape index (κ3) is 16.0. The Kier molecular flexibility index (Phi) is 18.3. The van der Waals surface area contributed by atoms with Gasteiger partial charge in [0.15, 0.2) is 0 Å². The van der Waals surface area contributed by atoms with E-state index in [0.717, 1.165) is 19.3 Å². The zero-order chi connectivity index (χ0) is 27.7. The van der Waals surface area contributed by atoms with Gasteiger partial charge in [-0.25, -0.2) is 0 Å². The second-order valence-electron chi connectivity index (χ2n) is 9.80. The Bertz CT molecular complexity index is 635. The molecule has 0 rings (SSSR count). The molecule has 0 spiro atoms. The Hall–Kier alpha value is -1.83. The smallest absolute Gasteiger partial charge is 0.237 e. The lowest BCUT2D eigenvalue weighted by Gasteiger charge is -2.25. The maximum absolute atomic E-state index is 12.6. The first kappa shape index (κ1) is 34.2. The molecule has 0 aliphatic carbocycles. The SMILES string of the molecule is CC(C)CCCCNC(=O)CCNC(=O)[C@H](CCC(=O)NC[C@H](O)[C@@H](O)[C@H](O)[C@H](O)CO)NC(C)C. The van der Waals surface area contributed by atoms with E-state index in [2.05, 4.69) is 35.1 Å². The Balaban J connectivity index is 4.41. The van der Waals surface area contributed by atoms with Crippen molar-refractivity contribution in [2.75, 3.05) is 26.2 Å². The van der Waals surface area contributed by atoms with Gasteiger partial charge in [-0.05, 0) is 18.8 Å². The van der Waals surface area contributed by atoms with E-state index in [4.69, 9.17) is 5.11 Å². The first-order chi connectivity index (χ1) is 16.9. The molecule has 0 aromatic heterocycles. The fraction of sp³-hybridized carbons (Fsp3) is 0.875. The third-order valence-corrected chi connectivity index (χ3v) is 5.53. The van der Waals surface area contributed by atoms with Crippen LogP contribution in [0.15, 0.2) is 0 Å². The Morgan fingerprint density at radius 3 is 1.92 bits per heavy atom. The predicted molar refractivity (Wildman–Crippen MR) is 135 cm³/mol. The van der Waals surface area contributed by atoms with Crippen molar-refractivity contribution >= 4 is 17.7 Å². The predicted octanol–water partition coefficient (Wildman–Crippen LogP) is -1.87. The number of aliphatic hydroxyl groups excluding tert-OH is 5. The number of nitrogens with one attached hydrogen (secondary N) is 4. The van der Waals surface area contributed by atoms with Crippen molar-refractivity contribution in [3.8, 4) is 0 Å². The highest BCUT2D eigenvalue weighted by molar-refractivity contribution is 5.84. The Labute approximate surface area is 214 Å². The van der Waals surface area contributed by atoms with E-state index in [1.807, 2.05) is 13.8 Å². The molecule has 36 heavy (non-hydrogen) atoms. The van der Waals surface area contributed by atoms with Gasteiger partial charge in [0.1, 0.15) is 18.3 Å². The molecule has 0 aliphatic heterocycles. The summed E-state index contributed by atoms with van der Waals surface area (Å²) in [6.45, 7) is 7.62. The van der Waals surface area contributed by atoms with Crippen LogP contribution in [0.4, 0.5) is 0 Å². The lowest BCUT2D eigenvalue weighted by Crippen LogP contribution is -2.50. The van der Waals surface area contributed by atoms with Gasteiger partial charge in [-0.3, -0.25) is 14.4 Å². The van der Waals surface area contributed by atoms with Gasteiger partial charge in [-0.2, -0.15) is 0 Å². The van der Waals surface area contributed by atoms with Crippen LogP contribution < -0.4 is 21.3 Å². The van der Waals surface area contributed by atoms with Crippen molar-refractivity contribution < 1.29 is 39.9 Å². The number of carbonyl (C=O) groups excluding carboxylic acids is 3. The molecule has 0 heterocycles. The molecule has 0 fully saturated rings. The average molecular weight is 521 g/mol. The molecule has 0 aromatic rings. The van der Waals surface area contributed by atoms with Crippen molar-refractivity contribution in [3.63, 3.8) is 0 Å². The van der Waals surface area contributed by atoms with Crippen LogP contribution in [0.25, 0.3) is 0 Å². The largest absolute Gasteiger partial charge is 0.394 e. The standard InChI is InChI=1S/C24H48N4O8/c1-15(2)7-5-6-11-25-21(33)10-12-26-24(36)17(28-16(3)4)8-9-20(32)27-13-18(30)22(34)23(35)19(31)14-29/h15-19,22-23,28-31,34-35H,5-14H2,1-4H3,(H,25,33)(H,26,36)(H,27,32)/t17-,18-,19+,22+,23+/m0/s1. The number of unbranched alkanes of at least 4 members (excludes halogenated alkanes) is 1. The molecule has 3 amide bonds. The molecule has 0 radical (unpaired) electrons. The monoisotopic (exact) mass is 520 g/mol. The van der Waals surface area contributed by atoms with Gasteiger partial charge in [0.25, 0.3) is 0 Å². The maximum atomic E-state index is 12.6. The molecular formula is C24H48N4O8. The molecule has 5 atom stereocenters. The topological polar surface area (TPSA) is 200 Å². The summed E-state index contributed by atoms with van der Waals surface area (Å²) >= 11 is 0. The van der Waals surface area contributed by atoms with E-state index < -0.39 is 49.5 Å². The number of carbonyl (C=O) groups is 3. The number of hydrogen-bond acceptors (Lipinski definition) is 9. The molecule has 0 aliphatic rings. The number of hydrogen-bond donors (Lipinski definition) is 9. The quantitative estimate of drug-likeness (QED) is 0.0825. The fourth-order valence-corrected chi connectivity index (χ4v) is 3.37. The highest BCUT2D eigenvalue weighted by atomic mass is 16.4. The van der Waals surface area contributed by atoms with Gasteiger partial charge < -0.3 is 46.8 Å². The molecule has 9 N–H and O–H groups in total. The molecule has 12 nitrogen and oxygen atoms in total. The van der Waals surface area contributed by atoms with Crippen molar-refractivity contribution in [2.45, 2.75) is 103 Å². The van der Waals surface area contributed by atoms with E-state index in [9.17, 15) is 34.8 Å². The first-order valence-corrected chi connectivity index (χ1v) is 12.8. The summed E-state index contributed by atoms with van der Waals surface area (Å²) < 4.78 is 0. The zero-order valence-electron chi connectivity index (χ0n) is 22.1. The van der Waals surface area contributed by atoms with Crippen molar-refractivity contribution in [1.29, 1.82) is 0 Å². The van der Waals surface area contributed by atoms with Gasteiger partial charge in [0, 0.05) is 38.5 Å². The Morgan fingerprint density at radius 1 is 0.722 bits per heavy atom. The van der Waals surface area contributed by atoms with Crippen molar-refractivity contribution in [3.05, 3.63) is 0 Å². The van der Waals surface area contributed by atoms with Gasteiger partial charge in [-0.15, -0.1) is 0 Å². The van der Waals surface area contributed by atoms with Gasteiger partial charge in [0.2, 0.25) is 17.7 Å². The summed E-state index contributed by atoms with van der Waals surface area (Å²) in [4.78, 5) is 36.7. The average Bonchev–Trinajstić information content (AvgIpc) is 2.82. The third-order valence-electron chi connectivity index (χ3n) is 5.53. The lowest BCUT2D eigenvalue weighted by molar-refractivity contribution is -0.126. The van der Waals surface area contributed by atoms with Crippen molar-refractivity contribution in [1.82, 2.24) is 21.3 Å². The molecule has 0 saturated carbocycles. The Morgan fingerprint density at radius 2 is 1.33 bits per heavy atom. The minimum Gasteiger partial charge on any atom is -0.394 e. The van der Waals surface area contributed by atoms with Crippen LogP contribution >= 0.6 is 0 Å². The van der Waals surface area contributed by atoms with Gasteiger partial charge in [0.05, 0.1) is 18.8 Å². The number of amides is 3. The van der Waals surface area contributed by atoms with Crippen LogP contribution in [-0.4, -0.2) is 106 Å². The minimum absolute atomic E-state index is 0.0330. The van der Waals surface area contributed by atoms with Crippen LogP contribution in [0.3, 0.4) is 0 Å². The van der Waals surface area contributed by atoms with Crippen LogP contribution in [0.5, 0.6) is 0 Å². The summed E-state index contributed by atoms with van der Waals surface area (Å²) in [5, 5.41) is 58.5. The highest BCUT2D eigenvalue weighted by Crippen LogP contribution is 2.06. The summed E-state index contributed by atoms with van der Waals surface area (Å²) in [6.07, 6.45) is -3.41. The van der Waals surface area contributed by atoms with Crippen LogP contribution in [0, 0.1) is 5.92 Å². The normalized spacial score (nSPS) is 15.8. The summed E-state index contributed by atoms with van der Waals surface area (Å²) in [5.41, 5.74) is 0. The molecule has 0 saturated heterocycles. The number of aliphatic hydroxyl groups is 5. The minimum atomic E-state index is -1.78. The van der Waals surface area contributed by atoms with E-state index in [1.165, 1.54) is 0 Å². The van der Waals surface area contributed by atoms with Crippen LogP contribution in [0.2, 0.25) is 0 Å². The molecular weight excluding hydrogens is 472 g/mol. The van der Waals surface area contributed by atoms with E-state index in [0.29, 0.717) is 12.5 Å². The fourth-order valence-electron chi connectivity index (χ4n) is 3.37. The van der Waals surface area contributed by atoms with E-state index >= 15 is 0 Å². The lowest BCUT2D eigenvalue weighted by atomic mass is 10.0. The number of rotatable bonds is 20. The van der Waals surface area contributed by atoms with E-state index in [-0.39, 0.29) is 43.7 Å². The second-order valence-corrected chi connectivity index (χ2v) is 9.80.